The molecule has 1 heterocycles. The number of hydrogen-bond acceptors (Lipinski definition) is 3. The summed E-state index contributed by atoms with van der Waals surface area (Å²) >= 11 is 12.2. The molecule has 0 amide bonds. The zero-order chi connectivity index (χ0) is 15.5. The van der Waals surface area contributed by atoms with Gasteiger partial charge in [-0.3, -0.25) is 4.90 Å². The van der Waals surface area contributed by atoms with Crippen LogP contribution < -0.4 is 5.73 Å². The van der Waals surface area contributed by atoms with E-state index in [9.17, 15) is 0 Å². The molecule has 2 unspecified atom stereocenters. The minimum atomic E-state index is -0.0489. The van der Waals surface area contributed by atoms with Gasteiger partial charge in [-0.25, -0.2) is 0 Å². The number of ether oxygens (including phenoxy) is 1. The van der Waals surface area contributed by atoms with Crippen molar-refractivity contribution in [2.45, 2.75) is 38.3 Å². The lowest BCUT2D eigenvalue weighted by Crippen LogP contribution is -2.61. The molecule has 0 spiro atoms. The van der Waals surface area contributed by atoms with Gasteiger partial charge in [0.15, 0.2) is 0 Å². The number of halogens is 2. The van der Waals surface area contributed by atoms with Crippen molar-refractivity contribution in [2.24, 2.45) is 5.73 Å². The summed E-state index contributed by atoms with van der Waals surface area (Å²) in [7, 11) is 0. The Morgan fingerprint density at radius 3 is 2.57 bits per heavy atom. The van der Waals surface area contributed by atoms with Gasteiger partial charge in [0, 0.05) is 34.7 Å². The molecule has 3 nitrogen and oxygen atoms in total. The van der Waals surface area contributed by atoms with Crippen LogP contribution in [0.2, 0.25) is 10.0 Å². The maximum Gasteiger partial charge on any atom is 0.0594 e. The van der Waals surface area contributed by atoms with E-state index in [4.69, 9.17) is 33.7 Å². The van der Waals surface area contributed by atoms with E-state index >= 15 is 0 Å². The Kier molecular flexibility index (Phi) is 5.92. The van der Waals surface area contributed by atoms with Gasteiger partial charge in [-0.1, -0.05) is 36.2 Å². The average molecular weight is 331 g/mol. The third-order valence-corrected chi connectivity index (χ3v) is 5.29. The van der Waals surface area contributed by atoms with Crippen molar-refractivity contribution in [3.63, 3.8) is 0 Å². The van der Waals surface area contributed by atoms with Gasteiger partial charge in [-0.2, -0.15) is 0 Å². The van der Waals surface area contributed by atoms with Crippen molar-refractivity contribution in [2.75, 3.05) is 26.3 Å². The minimum Gasteiger partial charge on any atom is -0.379 e. The van der Waals surface area contributed by atoms with Crippen LogP contribution in [0.4, 0.5) is 0 Å². The molecule has 1 fully saturated rings. The van der Waals surface area contributed by atoms with Gasteiger partial charge in [-0.15, -0.1) is 0 Å². The van der Waals surface area contributed by atoms with Gasteiger partial charge in [0.05, 0.1) is 13.2 Å². The summed E-state index contributed by atoms with van der Waals surface area (Å²) in [5, 5.41) is 1.35. The maximum atomic E-state index is 6.56. The van der Waals surface area contributed by atoms with E-state index in [2.05, 4.69) is 18.7 Å². The van der Waals surface area contributed by atoms with Gasteiger partial charge >= 0.3 is 0 Å². The Hall–Kier alpha value is -0.320. The second-order valence-electron chi connectivity index (χ2n) is 5.86. The highest BCUT2D eigenvalue weighted by Crippen LogP contribution is 2.28. The highest BCUT2D eigenvalue weighted by Gasteiger charge is 2.37. The molecule has 1 aliphatic heterocycles. The third-order valence-electron chi connectivity index (χ3n) is 4.70. The molecule has 1 aromatic carbocycles. The van der Waals surface area contributed by atoms with Crippen molar-refractivity contribution in [3.8, 4) is 0 Å². The Balaban J connectivity index is 2.13. The third kappa shape index (κ3) is 3.91. The highest BCUT2D eigenvalue weighted by molar-refractivity contribution is 6.35. The molecule has 2 N–H and O–H groups in total. The molecule has 2 rings (SSSR count). The Labute approximate surface area is 137 Å². The van der Waals surface area contributed by atoms with E-state index in [1.807, 2.05) is 12.1 Å². The van der Waals surface area contributed by atoms with Crippen molar-refractivity contribution in [1.29, 1.82) is 0 Å². The number of nitrogens with zero attached hydrogens (tertiary/aromatic N) is 1. The lowest BCUT2D eigenvalue weighted by atomic mass is 9.84. The van der Waals surface area contributed by atoms with Crippen LogP contribution in [-0.4, -0.2) is 42.8 Å². The predicted octanol–water partition coefficient (Wildman–Crippen LogP) is 3.36. The maximum absolute atomic E-state index is 6.56. The molecule has 0 saturated carbocycles. The molecule has 0 bridgehead atoms. The van der Waals surface area contributed by atoms with E-state index in [1.165, 1.54) is 0 Å². The van der Waals surface area contributed by atoms with Crippen LogP contribution in [-0.2, 0) is 11.2 Å². The highest BCUT2D eigenvalue weighted by atomic mass is 35.5. The number of rotatable bonds is 5. The molecular formula is C16H24Cl2N2O. The van der Waals surface area contributed by atoms with Crippen molar-refractivity contribution in [1.82, 2.24) is 4.90 Å². The quantitative estimate of drug-likeness (QED) is 0.899. The van der Waals surface area contributed by atoms with Crippen LogP contribution in [0, 0.1) is 0 Å². The summed E-state index contributed by atoms with van der Waals surface area (Å²) in [6, 6.07) is 5.63. The molecule has 21 heavy (non-hydrogen) atoms. The van der Waals surface area contributed by atoms with Gasteiger partial charge in [0.1, 0.15) is 0 Å². The first-order valence-electron chi connectivity index (χ1n) is 7.49. The van der Waals surface area contributed by atoms with E-state index in [1.54, 1.807) is 6.07 Å². The Morgan fingerprint density at radius 1 is 1.33 bits per heavy atom. The second-order valence-corrected chi connectivity index (χ2v) is 6.70. The fourth-order valence-electron chi connectivity index (χ4n) is 2.94. The molecule has 0 aliphatic carbocycles. The van der Waals surface area contributed by atoms with Crippen LogP contribution in [0.3, 0.4) is 0 Å². The number of benzene rings is 1. The first-order chi connectivity index (χ1) is 9.97. The first-order valence-corrected chi connectivity index (χ1v) is 8.25. The van der Waals surface area contributed by atoms with Crippen LogP contribution >= 0.6 is 23.2 Å². The first kappa shape index (κ1) is 17.0. The molecule has 118 valence electrons. The Morgan fingerprint density at radius 2 is 2.00 bits per heavy atom. The normalized spacial score (nSPS) is 21.0. The van der Waals surface area contributed by atoms with Gasteiger partial charge in [-0.05, 0) is 37.5 Å². The van der Waals surface area contributed by atoms with Crippen molar-refractivity contribution < 1.29 is 4.74 Å². The summed E-state index contributed by atoms with van der Waals surface area (Å²) in [5.74, 6) is 0. The van der Waals surface area contributed by atoms with Gasteiger partial charge in [0.2, 0.25) is 0 Å². The number of nitrogens with two attached hydrogens (primary N) is 1. The fourth-order valence-corrected chi connectivity index (χ4v) is 3.42. The topological polar surface area (TPSA) is 38.5 Å². The van der Waals surface area contributed by atoms with Crippen LogP contribution in [0.15, 0.2) is 18.2 Å². The Bertz CT molecular complexity index is 477. The molecule has 0 radical (unpaired) electrons. The molecule has 5 heteroatoms. The zero-order valence-corrected chi connectivity index (χ0v) is 14.3. The molecule has 1 aromatic rings. The fraction of sp³-hybridized carbons (Fsp3) is 0.625. The van der Waals surface area contributed by atoms with E-state index in [0.29, 0.717) is 10.0 Å². The van der Waals surface area contributed by atoms with Crippen molar-refractivity contribution in [3.05, 3.63) is 33.8 Å². The molecule has 0 aromatic heterocycles. The standard InChI is InChI=1S/C16H24Cl2N2O/c1-3-16(2,20-6-8-21-9-7-20)15(19)10-12-4-5-13(17)11-14(12)18/h4-5,11,15H,3,6-10,19H2,1-2H3. The monoisotopic (exact) mass is 330 g/mol. The molecule has 1 aliphatic rings. The smallest absolute Gasteiger partial charge is 0.0594 e. The molecular weight excluding hydrogens is 307 g/mol. The summed E-state index contributed by atoms with van der Waals surface area (Å²) in [4.78, 5) is 2.45. The van der Waals surface area contributed by atoms with E-state index in [0.717, 1.165) is 44.7 Å². The lowest BCUT2D eigenvalue weighted by Gasteiger charge is -2.46. The lowest BCUT2D eigenvalue weighted by molar-refractivity contribution is -0.0272. The zero-order valence-electron chi connectivity index (χ0n) is 12.7. The summed E-state index contributed by atoms with van der Waals surface area (Å²) < 4.78 is 5.45. The summed E-state index contributed by atoms with van der Waals surface area (Å²) in [6.07, 6.45) is 1.75. The van der Waals surface area contributed by atoms with E-state index < -0.39 is 0 Å². The largest absolute Gasteiger partial charge is 0.379 e. The van der Waals surface area contributed by atoms with Crippen LogP contribution in [0.5, 0.6) is 0 Å². The summed E-state index contributed by atoms with van der Waals surface area (Å²) in [6.45, 7) is 7.87. The number of hydrogen-bond donors (Lipinski definition) is 1. The summed E-state index contributed by atoms with van der Waals surface area (Å²) in [5.41, 5.74) is 7.57. The molecule has 2 atom stereocenters. The van der Waals surface area contributed by atoms with Gasteiger partial charge in [0.25, 0.3) is 0 Å². The number of morpholine rings is 1. The van der Waals surface area contributed by atoms with Gasteiger partial charge < -0.3 is 10.5 Å². The van der Waals surface area contributed by atoms with Crippen LogP contribution in [0.1, 0.15) is 25.8 Å². The van der Waals surface area contributed by atoms with Crippen molar-refractivity contribution >= 4 is 23.2 Å². The van der Waals surface area contributed by atoms with E-state index in [-0.39, 0.29) is 11.6 Å². The average Bonchev–Trinajstić information content (AvgIpc) is 2.50. The second kappa shape index (κ2) is 7.30. The molecule has 1 saturated heterocycles. The van der Waals surface area contributed by atoms with Crippen LogP contribution in [0.25, 0.3) is 0 Å². The SMILES string of the molecule is CCC(C)(C(N)Cc1ccc(Cl)cc1Cl)N1CCOCC1. The minimum absolute atomic E-state index is 0.0132. The predicted molar refractivity (Wildman–Crippen MR) is 89.2 cm³/mol.